The van der Waals surface area contributed by atoms with E-state index in [2.05, 4.69) is 20.6 Å². The molecule has 2 aromatic heterocycles. The lowest BCUT2D eigenvalue weighted by molar-refractivity contribution is -0.0436. The van der Waals surface area contributed by atoms with Crippen molar-refractivity contribution in [2.75, 3.05) is 24.9 Å². The predicted molar refractivity (Wildman–Crippen MR) is 189 cm³/mol. The summed E-state index contributed by atoms with van der Waals surface area (Å²) >= 11 is 0. The number of carbonyl (C=O) groups is 2. The number of amides is 4. The molecule has 5 rings (SSSR count). The van der Waals surface area contributed by atoms with Gasteiger partial charge in [0.2, 0.25) is 9.84 Å². The average molecular weight is 785 g/mol. The molecule has 14 nitrogen and oxygen atoms in total. The molecule has 0 atom stereocenters. The molecule has 19 heteroatoms. The van der Waals surface area contributed by atoms with Crippen molar-refractivity contribution < 1.29 is 49.1 Å². The Hall–Kier alpha value is -6.21. The minimum absolute atomic E-state index is 0.0801. The maximum absolute atomic E-state index is 14.0. The molecule has 54 heavy (non-hydrogen) atoms. The molecule has 0 aliphatic carbocycles. The first-order chi connectivity index (χ1) is 25.6. The number of pyridine rings is 2. The van der Waals surface area contributed by atoms with E-state index in [1.54, 1.807) is 30.3 Å². The number of hydrogen-bond acceptors (Lipinski definition) is 10. The zero-order valence-electron chi connectivity index (χ0n) is 28.4. The Kier molecular flexibility index (Phi) is 11.7. The maximum Gasteiger partial charge on any atom is 0.501 e. The van der Waals surface area contributed by atoms with Crippen molar-refractivity contribution in [2.24, 2.45) is 0 Å². The minimum Gasteiger partial charge on any atom is -0.497 e. The van der Waals surface area contributed by atoms with Crippen LogP contribution < -0.4 is 20.1 Å². The van der Waals surface area contributed by atoms with E-state index in [-0.39, 0.29) is 40.0 Å². The fraction of sp³-hybridized carbons (Fsp3) is 0.143. The van der Waals surface area contributed by atoms with Gasteiger partial charge >= 0.3 is 17.6 Å². The molecule has 0 spiro atoms. The maximum atomic E-state index is 14.0. The van der Waals surface area contributed by atoms with Crippen LogP contribution in [0.25, 0.3) is 0 Å². The molecule has 0 radical (unpaired) electrons. The van der Waals surface area contributed by atoms with E-state index in [1.807, 2.05) is 0 Å². The van der Waals surface area contributed by atoms with Crippen LogP contribution in [0, 0.1) is 0 Å². The SMILES string of the molecule is COc1ccc(OC)c(S(=O)(=O)c2ccc(NC(=O)N(Cc3cccnc3)N(Cc3cccnc3)C(=O)Nc3ccc(S(=O)(=O)C(F)(F)F)cc3)cc2)c1. The number of aromatic nitrogens is 2. The summed E-state index contributed by atoms with van der Waals surface area (Å²) in [6.07, 6.45) is 5.92. The number of methoxy groups -OCH3 is 2. The molecule has 0 aliphatic heterocycles. The fourth-order valence-corrected chi connectivity index (χ4v) is 7.13. The van der Waals surface area contributed by atoms with Gasteiger partial charge in [-0.3, -0.25) is 9.97 Å². The highest BCUT2D eigenvalue weighted by molar-refractivity contribution is 7.92. The van der Waals surface area contributed by atoms with Crippen molar-refractivity contribution in [3.8, 4) is 11.5 Å². The molecular weight excluding hydrogens is 754 g/mol. The van der Waals surface area contributed by atoms with Crippen LogP contribution in [0.15, 0.2) is 130 Å². The van der Waals surface area contributed by atoms with Gasteiger partial charge in [-0.05, 0) is 83.9 Å². The van der Waals surface area contributed by atoms with E-state index in [1.165, 1.54) is 75.4 Å². The first-order valence-electron chi connectivity index (χ1n) is 15.6. The summed E-state index contributed by atoms with van der Waals surface area (Å²) in [5.41, 5.74) is -4.49. The number of rotatable bonds is 11. The third-order valence-corrected chi connectivity index (χ3v) is 11.0. The Balaban J connectivity index is 1.46. The van der Waals surface area contributed by atoms with E-state index >= 15 is 0 Å². The molecule has 3 aromatic carbocycles. The lowest BCUT2D eigenvalue weighted by atomic mass is 10.2. The van der Waals surface area contributed by atoms with Gasteiger partial charge in [-0.15, -0.1) is 0 Å². The highest BCUT2D eigenvalue weighted by Gasteiger charge is 2.46. The van der Waals surface area contributed by atoms with E-state index in [9.17, 15) is 39.6 Å². The molecule has 0 saturated carbocycles. The number of alkyl halides is 3. The van der Waals surface area contributed by atoms with Crippen molar-refractivity contribution in [2.45, 2.75) is 33.3 Å². The van der Waals surface area contributed by atoms with E-state index in [0.29, 0.717) is 29.0 Å². The molecule has 0 unspecified atom stereocenters. The Morgan fingerprint density at radius 2 is 1.17 bits per heavy atom. The smallest absolute Gasteiger partial charge is 0.497 e. The van der Waals surface area contributed by atoms with Crippen molar-refractivity contribution in [3.63, 3.8) is 0 Å². The van der Waals surface area contributed by atoms with Crippen molar-refractivity contribution in [1.29, 1.82) is 0 Å². The first kappa shape index (κ1) is 39.0. The molecule has 5 aromatic rings. The topological polar surface area (TPSA) is 177 Å². The Morgan fingerprint density at radius 3 is 1.57 bits per heavy atom. The molecule has 282 valence electrons. The number of hydrogen-bond donors (Lipinski definition) is 2. The van der Waals surface area contributed by atoms with Crippen LogP contribution in [0.4, 0.5) is 34.1 Å². The third-order valence-electron chi connectivity index (χ3n) is 7.67. The van der Waals surface area contributed by atoms with Crippen molar-refractivity contribution in [1.82, 2.24) is 20.0 Å². The Morgan fingerprint density at radius 1 is 0.685 bits per heavy atom. The van der Waals surface area contributed by atoms with E-state index < -0.39 is 42.1 Å². The first-order valence-corrected chi connectivity index (χ1v) is 18.5. The van der Waals surface area contributed by atoms with E-state index in [4.69, 9.17) is 9.47 Å². The quantitative estimate of drug-likeness (QED) is 0.145. The normalized spacial score (nSPS) is 11.6. The second-order valence-corrected chi connectivity index (χ2v) is 15.1. The van der Waals surface area contributed by atoms with Gasteiger partial charge in [0.1, 0.15) is 16.4 Å². The van der Waals surface area contributed by atoms with Gasteiger partial charge in [0.05, 0.1) is 37.1 Å². The summed E-state index contributed by atoms with van der Waals surface area (Å²) in [4.78, 5) is 34.8. The number of urea groups is 2. The molecule has 0 saturated heterocycles. The standard InChI is InChI=1S/C35H31F3N6O8S2/c1-51-28-11-16-31(52-2)32(19-28)53(47,48)29-12-7-26(8-13-29)41-33(45)43(22-24-5-3-17-39-20-24)44(23-25-6-4-18-40-21-25)34(46)42-27-9-14-30(15-10-27)54(49,50)35(36,37)38/h3-21H,22-23H2,1-2H3,(H,41,45)(H,42,46). The van der Waals surface area contributed by atoms with Crippen molar-refractivity contribution >= 4 is 43.1 Å². The largest absolute Gasteiger partial charge is 0.501 e. The van der Waals surface area contributed by atoms with Crippen LogP contribution in [0.1, 0.15) is 11.1 Å². The summed E-state index contributed by atoms with van der Waals surface area (Å²) in [6.45, 7) is -0.467. The molecule has 2 heterocycles. The fourth-order valence-electron chi connectivity index (χ4n) is 4.93. The van der Waals surface area contributed by atoms with Crippen molar-refractivity contribution in [3.05, 3.63) is 127 Å². The van der Waals surface area contributed by atoms with E-state index in [0.717, 1.165) is 22.2 Å². The zero-order valence-corrected chi connectivity index (χ0v) is 30.0. The van der Waals surface area contributed by atoms with Gasteiger partial charge in [0, 0.05) is 42.2 Å². The third kappa shape index (κ3) is 8.87. The average Bonchev–Trinajstić information content (AvgIpc) is 3.16. The van der Waals surface area contributed by atoms with Gasteiger partial charge in [0.15, 0.2) is 0 Å². The number of sulfone groups is 2. The molecular formula is C35H31F3N6O8S2. The lowest BCUT2D eigenvalue weighted by Gasteiger charge is -2.35. The number of nitrogens with one attached hydrogen (secondary N) is 2. The van der Waals surface area contributed by atoms with Crippen LogP contribution in [-0.2, 0) is 32.8 Å². The van der Waals surface area contributed by atoms with Gasteiger partial charge in [-0.25, -0.2) is 36.4 Å². The van der Waals surface area contributed by atoms with Gasteiger partial charge in [0.25, 0.3) is 9.84 Å². The number of carbonyl (C=O) groups excluding carboxylic acids is 2. The molecule has 0 fully saturated rings. The number of halogens is 3. The van der Waals surface area contributed by atoms with Gasteiger partial charge in [-0.1, -0.05) is 12.1 Å². The highest BCUT2D eigenvalue weighted by Crippen LogP contribution is 2.34. The minimum atomic E-state index is -5.64. The summed E-state index contributed by atoms with van der Waals surface area (Å²) in [7, 11) is -7.04. The second kappa shape index (κ2) is 16.2. The Bertz CT molecular complexity index is 2320. The molecule has 2 N–H and O–H groups in total. The second-order valence-electron chi connectivity index (χ2n) is 11.2. The van der Waals surface area contributed by atoms with Gasteiger partial charge < -0.3 is 20.1 Å². The number of nitrogens with zero attached hydrogens (tertiary/aromatic N) is 4. The number of ether oxygens (including phenoxy) is 2. The highest BCUT2D eigenvalue weighted by atomic mass is 32.2. The van der Waals surface area contributed by atoms with Crippen LogP contribution in [0.5, 0.6) is 11.5 Å². The molecule has 4 amide bonds. The predicted octanol–water partition coefficient (Wildman–Crippen LogP) is 6.30. The van der Waals surface area contributed by atoms with Crippen LogP contribution >= 0.6 is 0 Å². The Labute approximate surface area is 308 Å². The summed E-state index contributed by atoms with van der Waals surface area (Å²) in [5.74, 6) is 0.381. The van der Waals surface area contributed by atoms with Crippen LogP contribution in [0.3, 0.4) is 0 Å². The summed E-state index contributed by atoms with van der Waals surface area (Å²) in [6, 6.07) is 17.6. The van der Waals surface area contributed by atoms with Gasteiger partial charge in [-0.2, -0.15) is 13.2 Å². The zero-order chi connectivity index (χ0) is 39.1. The van der Waals surface area contributed by atoms with Crippen LogP contribution in [0.2, 0.25) is 0 Å². The van der Waals surface area contributed by atoms with Crippen LogP contribution in [-0.4, -0.2) is 68.6 Å². The number of anilines is 2. The number of hydrazine groups is 1. The molecule has 0 aliphatic rings. The molecule has 0 bridgehead atoms. The summed E-state index contributed by atoms with van der Waals surface area (Å²) in [5, 5.41) is 7.19. The lowest BCUT2D eigenvalue weighted by Crippen LogP contribution is -2.52. The number of benzene rings is 3. The monoisotopic (exact) mass is 784 g/mol. The summed E-state index contributed by atoms with van der Waals surface area (Å²) < 4.78 is 100.